The first-order chi connectivity index (χ1) is 10.2. The molecule has 2 rings (SSSR count). The number of hydrogen-bond donors (Lipinski definition) is 3. The van der Waals surface area contributed by atoms with E-state index in [2.05, 4.69) is 5.32 Å². The van der Waals surface area contributed by atoms with Crippen molar-refractivity contribution in [2.45, 2.75) is 13.0 Å². The van der Waals surface area contributed by atoms with Crippen LogP contribution < -0.4 is 10.1 Å². The van der Waals surface area contributed by atoms with Crippen molar-refractivity contribution in [3.8, 4) is 5.75 Å². The van der Waals surface area contributed by atoms with Crippen molar-refractivity contribution in [3.63, 3.8) is 0 Å². The third kappa shape index (κ3) is 4.18. The van der Waals surface area contributed by atoms with E-state index in [0.717, 1.165) is 16.3 Å². The lowest BCUT2D eigenvalue weighted by molar-refractivity contribution is -0.139. The van der Waals surface area contributed by atoms with Gasteiger partial charge in [-0.15, -0.1) is 0 Å². The van der Waals surface area contributed by atoms with E-state index in [9.17, 15) is 4.79 Å². The Bertz CT molecular complexity index is 612. The van der Waals surface area contributed by atoms with Gasteiger partial charge in [0.2, 0.25) is 0 Å². The van der Waals surface area contributed by atoms with Crippen LogP contribution in [0.5, 0.6) is 5.75 Å². The third-order valence-electron chi connectivity index (χ3n) is 3.16. The minimum Gasteiger partial charge on any atom is -0.482 e. The number of rotatable bonds is 8. The molecule has 3 N–H and O–H groups in total. The van der Waals surface area contributed by atoms with Gasteiger partial charge >= 0.3 is 5.97 Å². The van der Waals surface area contributed by atoms with Crippen molar-refractivity contribution >= 4 is 16.7 Å². The number of carbonyl (C=O) groups is 1. The molecule has 0 atom stereocenters. The maximum Gasteiger partial charge on any atom is 0.341 e. The summed E-state index contributed by atoms with van der Waals surface area (Å²) < 4.78 is 5.37. The van der Waals surface area contributed by atoms with Crippen molar-refractivity contribution in [1.82, 2.24) is 5.32 Å². The van der Waals surface area contributed by atoms with Crippen LogP contribution in [0.25, 0.3) is 10.8 Å². The summed E-state index contributed by atoms with van der Waals surface area (Å²) in [6.07, 6.45) is 0.677. The quantitative estimate of drug-likeness (QED) is 0.646. The Kier molecular flexibility index (Phi) is 5.54. The summed E-state index contributed by atoms with van der Waals surface area (Å²) in [7, 11) is 0. The highest BCUT2D eigenvalue weighted by atomic mass is 16.5. The van der Waals surface area contributed by atoms with Crippen LogP contribution >= 0.6 is 0 Å². The van der Waals surface area contributed by atoms with Crippen LogP contribution in [-0.2, 0) is 11.3 Å². The molecule has 0 aliphatic heterocycles. The van der Waals surface area contributed by atoms with Crippen molar-refractivity contribution in [1.29, 1.82) is 0 Å². The molecule has 0 aromatic heterocycles. The van der Waals surface area contributed by atoms with Gasteiger partial charge in [0.05, 0.1) is 0 Å². The summed E-state index contributed by atoms with van der Waals surface area (Å²) in [4.78, 5) is 10.7. The number of hydrogen-bond acceptors (Lipinski definition) is 4. The van der Waals surface area contributed by atoms with Gasteiger partial charge in [-0.2, -0.15) is 0 Å². The van der Waals surface area contributed by atoms with E-state index in [0.29, 0.717) is 25.3 Å². The maximum absolute atomic E-state index is 10.7. The van der Waals surface area contributed by atoms with Gasteiger partial charge < -0.3 is 20.3 Å². The first kappa shape index (κ1) is 15.3. The molecule has 0 saturated carbocycles. The number of nitrogens with one attached hydrogen (secondary N) is 1. The predicted molar refractivity (Wildman–Crippen MR) is 80.5 cm³/mol. The van der Waals surface area contributed by atoms with Crippen LogP contribution in [0.4, 0.5) is 0 Å². The SMILES string of the molecule is O=C(O)COc1ccc2ccccc2c1CNCCCO. The van der Waals surface area contributed by atoms with E-state index >= 15 is 0 Å². The molecule has 112 valence electrons. The van der Waals surface area contributed by atoms with Crippen LogP contribution in [0, 0.1) is 0 Å². The molecule has 0 aliphatic carbocycles. The highest BCUT2D eigenvalue weighted by Gasteiger charge is 2.10. The van der Waals surface area contributed by atoms with Crippen LogP contribution in [0.1, 0.15) is 12.0 Å². The van der Waals surface area contributed by atoms with Gasteiger partial charge in [0, 0.05) is 18.7 Å². The molecule has 0 unspecified atom stereocenters. The molecule has 2 aromatic carbocycles. The first-order valence-electron chi connectivity index (χ1n) is 6.89. The predicted octanol–water partition coefficient (Wildman–Crippen LogP) is 1.78. The molecule has 0 fully saturated rings. The Morgan fingerprint density at radius 3 is 2.76 bits per heavy atom. The van der Waals surface area contributed by atoms with Crippen LogP contribution in [-0.4, -0.2) is 35.9 Å². The lowest BCUT2D eigenvalue weighted by Crippen LogP contribution is -2.17. The van der Waals surface area contributed by atoms with Crippen molar-refractivity contribution in [2.24, 2.45) is 0 Å². The topological polar surface area (TPSA) is 78.8 Å². The van der Waals surface area contributed by atoms with Gasteiger partial charge in [-0.1, -0.05) is 30.3 Å². The maximum atomic E-state index is 10.7. The molecule has 0 amide bonds. The molecular weight excluding hydrogens is 270 g/mol. The van der Waals surface area contributed by atoms with Gasteiger partial charge in [-0.3, -0.25) is 0 Å². The molecule has 0 heterocycles. The molecule has 21 heavy (non-hydrogen) atoms. The second-order valence-electron chi connectivity index (χ2n) is 4.70. The Balaban J connectivity index is 2.25. The summed E-state index contributed by atoms with van der Waals surface area (Å²) in [6.45, 7) is 1.04. The normalized spacial score (nSPS) is 10.7. The average Bonchev–Trinajstić information content (AvgIpc) is 2.50. The fourth-order valence-corrected chi connectivity index (χ4v) is 2.19. The average molecular weight is 289 g/mol. The van der Waals surface area contributed by atoms with E-state index in [4.69, 9.17) is 14.9 Å². The second-order valence-corrected chi connectivity index (χ2v) is 4.70. The fourth-order valence-electron chi connectivity index (χ4n) is 2.19. The third-order valence-corrected chi connectivity index (χ3v) is 3.16. The first-order valence-corrected chi connectivity index (χ1v) is 6.89. The molecule has 0 radical (unpaired) electrons. The van der Waals surface area contributed by atoms with Gasteiger partial charge in [-0.05, 0) is 29.8 Å². The van der Waals surface area contributed by atoms with E-state index in [1.807, 2.05) is 30.3 Å². The van der Waals surface area contributed by atoms with Crippen LogP contribution in [0.3, 0.4) is 0 Å². The van der Waals surface area contributed by atoms with Crippen LogP contribution in [0.2, 0.25) is 0 Å². The zero-order valence-electron chi connectivity index (χ0n) is 11.7. The van der Waals surface area contributed by atoms with Crippen molar-refractivity contribution in [2.75, 3.05) is 19.8 Å². The van der Waals surface area contributed by atoms with E-state index < -0.39 is 5.97 Å². The Labute approximate surface area is 123 Å². The number of aliphatic carboxylic acids is 1. The minimum absolute atomic E-state index is 0.144. The lowest BCUT2D eigenvalue weighted by atomic mass is 10.0. The number of aliphatic hydroxyl groups is 1. The lowest BCUT2D eigenvalue weighted by Gasteiger charge is -2.14. The number of carboxylic acid groups (broad SMARTS) is 1. The number of benzene rings is 2. The van der Waals surface area contributed by atoms with Gasteiger partial charge in [0.1, 0.15) is 5.75 Å². The van der Waals surface area contributed by atoms with E-state index in [1.165, 1.54) is 0 Å². The fraction of sp³-hybridized carbons (Fsp3) is 0.312. The molecule has 0 saturated heterocycles. The zero-order valence-corrected chi connectivity index (χ0v) is 11.7. The molecular formula is C16H19NO4. The Morgan fingerprint density at radius 2 is 2.00 bits per heavy atom. The number of ether oxygens (including phenoxy) is 1. The monoisotopic (exact) mass is 289 g/mol. The van der Waals surface area contributed by atoms with Gasteiger partial charge in [0.25, 0.3) is 0 Å². The van der Waals surface area contributed by atoms with Crippen molar-refractivity contribution < 1.29 is 19.7 Å². The smallest absolute Gasteiger partial charge is 0.341 e. The Morgan fingerprint density at radius 1 is 1.19 bits per heavy atom. The van der Waals surface area contributed by atoms with Crippen molar-refractivity contribution in [3.05, 3.63) is 42.0 Å². The molecule has 5 nitrogen and oxygen atoms in total. The van der Waals surface area contributed by atoms with Crippen LogP contribution in [0.15, 0.2) is 36.4 Å². The second kappa shape index (κ2) is 7.61. The molecule has 5 heteroatoms. The van der Waals surface area contributed by atoms with E-state index in [-0.39, 0.29) is 13.2 Å². The summed E-state index contributed by atoms with van der Waals surface area (Å²) in [5.74, 6) is -0.421. The summed E-state index contributed by atoms with van der Waals surface area (Å²) in [6, 6.07) is 11.6. The largest absolute Gasteiger partial charge is 0.482 e. The minimum atomic E-state index is -0.998. The molecule has 0 aliphatic rings. The number of fused-ring (bicyclic) bond motifs is 1. The van der Waals surface area contributed by atoms with Gasteiger partial charge in [-0.25, -0.2) is 4.79 Å². The summed E-state index contributed by atoms with van der Waals surface area (Å²) in [5, 5.41) is 22.9. The number of carboxylic acids is 1. The summed E-state index contributed by atoms with van der Waals surface area (Å²) in [5.41, 5.74) is 0.937. The summed E-state index contributed by atoms with van der Waals surface area (Å²) >= 11 is 0. The van der Waals surface area contributed by atoms with E-state index in [1.54, 1.807) is 6.07 Å². The Hall–Kier alpha value is -2.11. The van der Waals surface area contributed by atoms with Gasteiger partial charge in [0.15, 0.2) is 6.61 Å². The highest BCUT2D eigenvalue weighted by molar-refractivity contribution is 5.87. The number of aliphatic hydroxyl groups excluding tert-OH is 1. The molecule has 0 bridgehead atoms. The molecule has 0 spiro atoms. The highest BCUT2D eigenvalue weighted by Crippen LogP contribution is 2.28. The molecule has 2 aromatic rings. The standard InChI is InChI=1S/C16H19NO4/c18-9-3-8-17-10-14-13-5-2-1-4-12(13)6-7-15(14)21-11-16(19)20/h1-2,4-7,17-18H,3,8-11H2,(H,19,20). The zero-order chi connectivity index (χ0) is 15.1.